The maximum atomic E-state index is 12.2. The van der Waals surface area contributed by atoms with Crippen LogP contribution < -0.4 is 19.8 Å². The van der Waals surface area contributed by atoms with Gasteiger partial charge in [-0.2, -0.15) is 0 Å². The normalized spacial score (nSPS) is 10.4. The second kappa shape index (κ2) is 7.71. The van der Waals surface area contributed by atoms with Gasteiger partial charge in [-0.05, 0) is 28.6 Å². The van der Waals surface area contributed by atoms with Crippen molar-refractivity contribution in [2.75, 3.05) is 18.2 Å². The van der Waals surface area contributed by atoms with E-state index in [2.05, 4.69) is 10.6 Å². The van der Waals surface area contributed by atoms with E-state index in [-0.39, 0.29) is 16.7 Å². The van der Waals surface area contributed by atoms with Crippen LogP contribution in [0.4, 0.5) is 5.69 Å². The SMILES string of the molecule is COc1ccccc1NC(=O)CSc1c([O-])on[n+]1-c1ccccc1. The smallest absolute Gasteiger partial charge is 0.298 e. The highest BCUT2D eigenvalue weighted by Crippen LogP contribution is 2.25. The quantitative estimate of drug-likeness (QED) is 0.534. The van der Waals surface area contributed by atoms with Crippen molar-refractivity contribution in [1.29, 1.82) is 0 Å². The van der Waals surface area contributed by atoms with Gasteiger partial charge >= 0.3 is 0 Å². The van der Waals surface area contributed by atoms with E-state index >= 15 is 0 Å². The summed E-state index contributed by atoms with van der Waals surface area (Å²) in [4.78, 5) is 12.2. The molecule has 0 radical (unpaired) electrons. The highest BCUT2D eigenvalue weighted by atomic mass is 32.2. The zero-order valence-corrected chi connectivity index (χ0v) is 14.2. The summed E-state index contributed by atoms with van der Waals surface area (Å²) in [5.41, 5.74) is 1.25. The molecule has 1 aromatic heterocycles. The van der Waals surface area contributed by atoms with Gasteiger partial charge in [-0.25, -0.2) is 0 Å². The molecule has 0 fully saturated rings. The van der Waals surface area contributed by atoms with Gasteiger partial charge < -0.3 is 19.7 Å². The minimum Gasteiger partial charge on any atom is -0.538 e. The van der Waals surface area contributed by atoms with Crippen molar-refractivity contribution in [3.8, 4) is 17.4 Å². The van der Waals surface area contributed by atoms with Crippen molar-refractivity contribution in [3.63, 3.8) is 0 Å². The summed E-state index contributed by atoms with van der Waals surface area (Å²) < 4.78 is 11.3. The maximum absolute atomic E-state index is 12.2. The molecule has 2 aromatic carbocycles. The number of aromatic nitrogens is 2. The van der Waals surface area contributed by atoms with E-state index in [0.717, 1.165) is 11.8 Å². The fourth-order valence-corrected chi connectivity index (χ4v) is 2.92. The van der Waals surface area contributed by atoms with Gasteiger partial charge in [-0.15, -0.1) is 0 Å². The highest BCUT2D eigenvalue weighted by molar-refractivity contribution is 7.99. The number of benzene rings is 2. The number of ether oxygens (including phenoxy) is 1. The number of carbonyl (C=O) groups is 1. The van der Waals surface area contributed by atoms with Gasteiger partial charge in [0.25, 0.3) is 5.03 Å². The zero-order chi connectivity index (χ0) is 17.6. The molecule has 1 N–H and O–H groups in total. The molecule has 0 aliphatic carbocycles. The summed E-state index contributed by atoms with van der Waals surface area (Å²) in [6.45, 7) is 0. The van der Waals surface area contributed by atoms with Gasteiger partial charge in [0, 0.05) is 12.1 Å². The lowest BCUT2D eigenvalue weighted by molar-refractivity contribution is -0.705. The second-order valence-electron chi connectivity index (χ2n) is 4.95. The van der Waals surface area contributed by atoms with Crippen LogP contribution in [0, 0.1) is 0 Å². The van der Waals surface area contributed by atoms with E-state index in [1.165, 1.54) is 11.8 Å². The first-order valence-corrected chi connectivity index (χ1v) is 8.37. The summed E-state index contributed by atoms with van der Waals surface area (Å²) in [5.74, 6) is -0.259. The third-order valence-electron chi connectivity index (χ3n) is 3.29. The molecule has 0 atom stereocenters. The topological polar surface area (TPSA) is 91.3 Å². The van der Waals surface area contributed by atoms with Crippen LogP contribution >= 0.6 is 11.8 Å². The first kappa shape index (κ1) is 16.8. The third kappa shape index (κ3) is 3.92. The Morgan fingerprint density at radius 2 is 1.96 bits per heavy atom. The average molecular weight is 357 g/mol. The first-order valence-electron chi connectivity index (χ1n) is 7.39. The Morgan fingerprint density at radius 1 is 1.24 bits per heavy atom. The number of methoxy groups -OCH3 is 1. The van der Waals surface area contributed by atoms with E-state index in [0.29, 0.717) is 17.1 Å². The molecule has 1 amide bonds. The lowest BCUT2D eigenvalue weighted by Crippen LogP contribution is -2.35. The maximum Gasteiger partial charge on any atom is 0.298 e. The van der Waals surface area contributed by atoms with E-state index in [4.69, 9.17) is 9.26 Å². The van der Waals surface area contributed by atoms with Crippen LogP contribution in [0.1, 0.15) is 0 Å². The molecule has 0 aliphatic rings. The molecule has 3 rings (SSSR count). The molecule has 25 heavy (non-hydrogen) atoms. The number of anilines is 1. The van der Waals surface area contributed by atoms with Crippen LogP contribution in [-0.2, 0) is 4.79 Å². The van der Waals surface area contributed by atoms with Crippen LogP contribution in [-0.4, -0.2) is 24.0 Å². The van der Waals surface area contributed by atoms with Gasteiger partial charge in [0.05, 0.1) is 23.8 Å². The number of amides is 1. The summed E-state index contributed by atoms with van der Waals surface area (Å²) >= 11 is 1.06. The van der Waals surface area contributed by atoms with Gasteiger partial charge in [0.1, 0.15) is 5.75 Å². The predicted molar refractivity (Wildman–Crippen MR) is 89.8 cm³/mol. The Balaban J connectivity index is 1.70. The van der Waals surface area contributed by atoms with E-state index in [1.807, 2.05) is 24.3 Å². The number of para-hydroxylation sites is 3. The predicted octanol–water partition coefficient (Wildman–Crippen LogP) is 1.76. The highest BCUT2D eigenvalue weighted by Gasteiger charge is 2.22. The standard InChI is InChI=1S/C17H15N3O4S/c1-23-14-10-6-5-9-13(14)18-15(21)11-25-16-17(22)24-19-20(16)12-7-3-2-4-8-12/h2-10H,11H2,1H3,(H-,18,19,21,22). The van der Waals surface area contributed by atoms with Crippen molar-refractivity contribution in [2.45, 2.75) is 5.03 Å². The Labute approximate surface area is 148 Å². The zero-order valence-electron chi connectivity index (χ0n) is 13.3. The van der Waals surface area contributed by atoms with Crippen molar-refractivity contribution in [2.24, 2.45) is 0 Å². The minimum absolute atomic E-state index is 0.0291. The molecule has 3 aromatic rings. The van der Waals surface area contributed by atoms with Crippen molar-refractivity contribution >= 4 is 23.4 Å². The van der Waals surface area contributed by atoms with Crippen molar-refractivity contribution < 1.29 is 23.8 Å². The fraction of sp³-hybridized carbons (Fsp3) is 0.118. The summed E-state index contributed by atoms with van der Waals surface area (Å²) in [6, 6.07) is 16.2. The van der Waals surface area contributed by atoms with Crippen molar-refractivity contribution in [1.82, 2.24) is 5.27 Å². The molecule has 0 bridgehead atoms. The van der Waals surface area contributed by atoms with E-state index < -0.39 is 5.95 Å². The summed E-state index contributed by atoms with van der Waals surface area (Å²) in [6.07, 6.45) is 0. The Kier molecular flexibility index (Phi) is 5.20. The fourth-order valence-electron chi connectivity index (χ4n) is 2.16. The van der Waals surface area contributed by atoms with Gasteiger partial charge in [0.2, 0.25) is 11.6 Å². The monoisotopic (exact) mass is 357 g/mol. The molecule has 0 aliphatic heterocycles. The number of carbonyl (C=O) groups excluding carboxylic acids is 1. The third-order valence-corrected chi connectivity index (χ3v) is 4.31. The average Bonchev–Trinajstić information content (AvgIpc) is 3.02. The Morgan fingerprint density at radius 3 is 2.72 bits per heavy atom. The van der Waals surface area contributed by atoms with E-state index in [9.17, 15) is 9.90 Å². The van der Waals surface area contributed by atoms with Crippen LogP contribution in [0.2, 0.25) is 0 Å². The molecule has 0 unspecified atom stereocenters. The number of thioether (sulfide) groups is 1. The van der Waals surface area contributed by atoms with E-state index in [1.54, 1.807) is 30.3 Å². The molecule has 0 saturated carbocycles. The Hall–Kier alpha value is -3.00. The van der Waals surface area contributed by atoms with Gasteiger partial charge in [0.15, 0.2) is 5.95 Å². The first-order chi connectivity index (χ1) is 12.2. The van der Waals surface area contributed by atoms with Crippen LogP contribution in [0.25, 0.3) is 5.69 Å². The summed E-state index contributed by atoms with van der Waals surface area (Å²) in [5, 5.41) is 18.6. The summed E-state index contributed by atoms with van der Waals surface area (Å²) in [7, 11) is 1.53. The lowest BCUT2D eigenvalue weighted by Gasteiger charge is -2.09. The number of nitrogens with one attached hydrogen (secondary N) is 1. The minimum atomic E-state index is -0.584. The second-order valence-corrected chi connectivity index (χ2v) is 5.91. The van der Waals surface area contributed by atoms with Crippen molar-refractivity contribution in [3.05, 3.63) is 54.6 Å². The molecule has 7 nitrogen and oxygen atoms in total. The van der Waals surface area contributed by atoms with Crippen LogP contribution in [0.15, 0.2) is 64.1 Å². The molecule has 128 valence electrons. The number of hydrogen-bond donors (Lipinski definition) is 1. The molecule has 8 heteroatoms. The van der Waals surface area contributed by atoms with Crippen LogP contribution in [0.5, 0.6) is 11.7 Å². The van der Waals surface area contributed by atoms with Gasteiger partial charge in [-0.1, -0.05) is 30.3 Å². The number of hydrogen-bond acceptors (Lipinski definition) is 6. The number of nitrogens with zero attached hydrogens (tertiary/aromatic N) is 2. The largest absolute Gasteiger partial charge is 0.538 e. The molecule has 0 saturated heterocycles. The number of rotatable bonds is 6. The molecule has 1 heterocycles. The molecular weight excluding hydrogens is 342 g/mol. The Bertz CT molecular complexity index is 867. The molecule has 0 spiro atoms. The lowest BCUT2D eigenvalue weighted by atomic mass is 10.3. The molecular formula is C17H15N3O4S. The van der Waals surface area contributed by atoms with Gasteiger partial charge in [-0.3, -0.25) is 4.79 Å². The van der Waals surface area contributed by atoms with Crippen LogP contribution in [0.3, 0.4) is 0 Å².